The van der Waals surface area contributed by atoms with Gasteiger partial charge in [-0.3, -0.25) is 0 Å². The van der Waals surface area contributed by atoms with Crippen LogP contribution in [0.25, 0.3) is 0 Å². The van der Waals surface area contributed by atoms with E-state index in [4.69, 9.17) is 9.47 Å². The lowest BCUT2D eigenvalue weighted by atomic mass is 10.1. The summed E-state index contributed by atoms with van der Waals surface area (Å²) in [6.07, 6.45) is 0. The number of alkyl halides is 2. The summed E-state index contributed by atoms with van der Waals surface area (Å²) < 4.78 is 37.0. The van der Waals surface area contributed by atoms with Crippen LogP contribution >= 0.6 is 0 Å². The third-order valence-electron chi connectivity index (χ3n) is 2.20. The topological polar surface area (TPSA) is 30.5 Å². The van der Waals surface area contributed by atoms with E-state index < -0.39 is 12.5 Å². The Morgan fingerprint density at radius 1 is 1.19 bits per heavy atom. The van der Waals surface area contributed by atoms with E-state index in [-0.39, 0.29) is 5.56 Å². The number of hydrogen-bond acceptors (Lipinski definition) is 3. The highest BCUT2D eigenvalue weighted by atomic mass is 19.3. The van der Waals surface area contributed by atoms with Crippen molar-refractivity contribution >= 4 is 0 Å². The summed E-state index contributed by atoms with van der Waals surface area (Å²) in [5.41, 5.74) is -0.0977. The van der Waals surface area contributed by atoms with Crippen molar-refractivity contribution in [1.29, 1.82) is 0 Å². The molecule has 3 nitrogen and oxygen atoms in total. The van der Waals surface area contributed by atoms with E-state index in [0.29, 0.717) is 11.5 Å². The summed E-state index contributed by atoms with van der Waals surface area (Å²) in [5.74, 6) is -2.18. The Morgan fingerprint density at radius 3 is 2.31 bits per heavy atom. The van der Waals surface area contributed by atoms with E-state index in [2.05, 4.69) is 5.32 Å². The second kappa shape index (κ2) is 5.12. The van der Waals surface area contributed by atoms with Crippen molar-refractivity contribution in [3.8, 4) is 11.5 Å². The summed E-state index contributed by atoms with van der Waals surface area (Å²) in [6.45, 7) is -0.414. The molecule has 0 aliphatic carbocycles. The molecule has 0 aliphatic heterocycles. The first-order chi connectivity index (χ1) is 7.55. The zero-order valence-corrected chi connectivity index (χ0v) is 9.51. The van der Waals surface area contributed by atoms with Gasteiger partial charge in [-0.1, -0.05) is 0 Å². The van der Waals surface area contributed by atoms with Crippen LogP contribution in [0, 0.1) is 0 Å². The Kier molecular flexibility index (Phi) is 4.06. The van der Waals surface area contributed by atoms with Gasteiger partial charge in [-0.05, 0) is 25.2 Å². The van der Waals surface area contributed by atoms with Gasteiger partial charge >= 0.3 is 0 Å². The molecule has 0 fully saturated rings. The molecule has 0 aromatic heterocycles. The maximum atomic E-state index is 13.5. The first kappa shape index (κ1) is 12.7. The molecule has 0 amide bonds. The molecule has 0 unspecified atom stereocenters. The van der Waals surface area contributed by atoms with Crippen molar-refractivity contribution < 1.29 is 18.3 Å². The molecule has 0 spiro atoms. The van der Waals surface area contributed by atoms with Crippen molar-refractivity contribution in [2.45, 2.75) is 5.92 Å². The number of methoxy groups -OCH3 is 2. The van der Waals surface area contributed by atoms with Crippen molar-refractivity contribution in [2.24, 2.45) is 0 Å². The van der Waals surface area contributed by atoms with Crippen molar-refractivity contribution in [2.75, 3.05) is 27.8 Å². The smallest absolute Gasteiger partial charge is 0.285 e. The molecule has 0 atom stereocenters. The minimum Gasteiger partial charge on any atom is -0.493 e. The SMILES string of the molecule is CNCC(F)(F)c1ccc(OC)c(OC)c1. The lowest BCUT2D eigenvalue weighted by molar-refractivity contribution is -0.00148. The molecule has 0 heterocycles. The van der Waals surface area contributed by atoms with Crippen LogP contribution in [0.2, 0.25) is 0 Å². The number of rotatable bonds is 5. The van der Waals surface area contributed by atoms with Crippen LogP contribution in [0.5, 0.6) is 11.5 Å². The highest BCUT2D eigenvalue weighted by Crippen LogP contribution is 2.34. The monoisotopic (exact) mass is 231 g/mol. The molecule has 0 bridgehead atoms. The Labute approximate surface area is 93.4 Å². The number of hydrogen-bond donors (Lipinski definition) is 1. The van der Waals surface area contributed by atoms with Crippen LogP contribution in [0.4, 0.5) is 8.78 Å². The van der Waals surface area contributed by atoms with Gasteiger partial charge in [-0.15, -0.1) is 0 Å². The standard InChI is InChI=1S/C11H15F2NO2/c1-14-7-11(12,13)8-4-5-9(15-2)10(6-8)16-3/h4-6,14H,7H2,1-3H3. The number of likely N-dealkylation sites (N-methyl/N-ethyl adjacent to an activating group) is 1. The summed E-state index contributed by atoms with van der Waals surface area (Å²) in [6, 6.07) is 4.09. The predicted octanol–water partition coefficient (Wildman–Crippen LogP) is 2.01. The third kappa shape index (κ3) is 2.61. The van der Waals surface area contributed by atoms with Gasteiger partial charge in [0.25, 0.3) is 5.92 Å². The molecule has 1 aromatic rings. The Bertz CT molecular complexity index is 356. The van der Waals surface area contributed by atoms with Crippen LogP contribution < -0.4 is 14.8 Å². The summed E-state index contributed by atoms with van der Waals surface area (Å²) in [5, 5.41) is 2.45. The molecule has 1 rings (SSSR count). The number of halogens is 2. The average Bonchev–Trinajstić information content (AvgIpc) is 2.28. The average molecular weight is 231 g/mol. The van der Waals surface area contributed by atoms with Gasteiger partial charge in [0.1, 0.15) is 0 Å². The normalized spacial score (nSPS) is 11.3. The Hall–Kier alpha value is -1.36. The van der Waals surface area contributed by atoms with E-state index >= 15 is 0 Å². The zero-order chi connectivity index (χ0) is 12.2. The Balaban J connectivity index is 3.07. The van der Waals surface area contributed by atoms with Gasteiger partial charge < -0.3 is 14.8 Å². The summed E-state index contributed by atoms with van der Waals surface area (Å²) in [7, 11) is 4.36. The van der Waals surface area contributed by atoms with E-state index in [1.54, 1.807) is 0 Å². The van der Waals surface area contributed by atoms with Crippen LogP contribution in [-0.4, -0.2) is 27.8 Å². The van der Waals surface area contributed by atoms with Gasteiger partial charge in [-0.25, -0.2) is 0 Å². The van der Waals surface area contributed by atoms with Gasteiger partial charge in [0.2, 0.25) is 0 Å². The van der Waals surface area contributed by atoms with E-state index in [0.717, 1.165) is 0 Å². The Morgan fingerprint density at radius 2 is 1.81 bits per heavy atom. The summed E-state index contributed by atoms with van der Waals surface area (Å²) >= 11 is 0. The molecule has 0 aliphatic rings. The molecule has 1 N–H and O–H groups in total. The molecule has 16 heavy (non-hydrogen) atoms. The van der Waals surface area contributed by atoms with Crippen molar-refractivity contribution in [3.05, 3.63) is 23.8 Å². The summed E-state index contributed by atoms with van der Waals surface area (Å²) in [4.78, 5) is 0. The third-order valence-corrected chi connectivity index (χ3v) is 2.20. The lowest BCUT2D eigenvalue weighted by Crippen LogP contribution is -2.28. The van der Waals surface area contributed by atoms with E-state index in [1.807, 2.05) is 0 Å². The van der Waals surface area contributed by atoms with Gasteiger partial charge in [-0.2, -0.15) is 8.78 Å². The zero-order valence-electron chi connectivity index (χ0n) is 9.51. The highest BCUT2D eigenvalue weighted by Gasteiger charge is 2.31. The van der Waals surface area contributed by atoms with E-state index in [9.17, 15) is 8.78 Å². The maximum absolute atomic E-state index is 13.5. The van der Waals surface area contributed by atoms with Crippen molar-refractivity contribution in [3.63, 3.8) is 0 Å². The quantitative estimate of drug-likeness (QED) is 0.841. The lowest BCUT2D eigenvalue weighted by Gasteiger charge is -2.17. The molecule has 5 heteroatoms. The second-order valence-electron chi connectivity index (χ2n) is 3.30. The maximum Gasteiger partial charge on any atom is 0.285 e. The van der Waals surface area contributed by atoms with Crippen molar-refractivity contribution in [1.82, 2.24) is 5.32 Å². The minimum absolute atomic E-state index is 0.0977. The number of nitrogens with one attached hydrogen (secondary N) is 1. The molecular weight excluding hydrogens is 216 g/mol. The number of ether oxygens (including phenoxy) is 2. The van der Waals surface area contributed by atoms with E-state index in [1.165, 1.54) is 39.5 Å². The largest absolute Gasteiger partial charge is 0.493 e. The fourth-order valence-electron chi connectivity index (χ4n) is 1.39. The van der Waals surface area contributed by atoms with Crippen LogP contribution in [0.1, 0.15) is 5.56 Å². The first-order valence-electron chi connectivity index (χ1n) is 4.80. The van der Waals surface area contributed by atoms with Gasteiger partial charge in [0, 0.05) is 5.56 Å². The fraction of sp³-hybridized carbons (Fsp3) is 0.455. The second-order valence-corrected chi connectivity index (χ2v) is 3.30. The number of benzene rings is 1. The fourth-order valence-corrected chi connectivity index (χ4v) is 1.39. The van der Waals surface area contributed by atoms with Crippen LogP contribution in [0.15, 0.2) is 18.2 Å². The molecule has 0 saturated heterocycles. The predicted molar refractivity (Wildman–Crippen MR) is 57.4 cm³/mol. The van der Waals surface area contributed by atoms with Gasteiger partial charge in [0.05, 0.1) is 20.8 Å². The minimum atomic E-state index is -2.92. The van der Waals surface area contributed by atoms with Crippen LogP contribution in [-0.2, 0) is 5.92 Å². The first-order valence-corrected chi connectivity index (χ1v) is 4.80. The molecule has 1 aromatic carbocycles. The molecule has 0 radical (unpaired) electrons. The molecular formula is C11H15F2NO2. The molecule has 90 valence electrons. The highest BCUT2D eigenvalue weighted by molar-refractivity contribution is 5.44. The molecule has 0 saturated carbocycles. The van der Waals surface area contributed by atoms with Gasteiger partial charge in [0.15, 0.2) is 11.5 Å². The van der Waals surface area contributed by atoms with Crippen LogP contribution in [0.3, 0.4) is 0 Å².